The van der Waals surface area contributed by atoms with Gasteiger partial charge in [0.1, 0.15) is 18.5 Å². The van der Waals surface area contributed by atoms with E-state index in [1.807, 2.05) is 13.8 Å². The third-order valence-corrected chi connectivity index (χ3v) is 3.03. The number of primary amides is 1. The molecule has 1 aliphatic heterocycles. The molecule has 2 rings (SSSR count). The summed E-state index contributed by atoms with van der Waals surface area (Å²) in [5.41, 5.74) is 5.05. The second-order valence-corrected chi connectivity index (χ2v) is 5.09. The number of hydrogen-bond donors (Lipinski definition) is 3. The van der Waals surface area contributed by atoms with Gasteiger partial charge in [0.15, 0.2) is 6.23 Å². The van der Waals surface area contributed by atoms with Crippen LogP contribution in [0.3, 0.4) is 0 Å². The predicted octanol–water partition coefficient (Wildman–Crippen LogP) is -0.958. The molecule has 0 spiro atoms. The van der Waals surface area contributed by atoms with E-state index in [-0.39, 0.29) is 5.82 Å². The molecule has 0 unspecified atom stereocenters. The smallest absolute Gasteiger partial charge is 0.288 e. The topological polar surface area (TPSA) is 123 Å². The van der Waals surface area contributed by atoms with Gasteiger partial charge in [-0.3, -0.25) is 4.79 Å². The number of carbonyl (C=O) groups excluding carboxylic acids is 1. The summed E-state index contributed by atoms with van der Waals surface area (Å²) in [5, 5.41) is 23.7. The number of aliphatic hydroxyl groups is 2. The van der Waals surface area contributed by atoms with Crippen LogP contribution in [-0.2, 0) is 4.74 Å². The van der Waals surface area contributed by atoms with Crippen LogP contribution >= 0.6 is 0 Å². The minimum absolute atomic E-state index is 0.155. The van der Waals surface area contributed by atoms with Crippen molar-refractivity contribution in [3.63, 3.8) is 0 Å². The van der Waals surface area contributed by atoms with E-state index in [0.29, 0.717) is 12.3 Å². The van der Waals surface area contributed by atoms with Gasteiger partial charge in [-0.25, -0.2) is 9.67 Å². The van der Waals surface area contributed by atoms with E-state index in [1.165, 1.54) is 11.0 Å². The molecular formula is C11H18N4O4. The van der Waals surface area contributed by atoms with Gasteiger partial charge in [0.25, 0.3) is 5.91 Å². The van der Waals surface area contributed by atoms with Gasteiger partial charge in [0.2, 0.25) is 5.82 Å². The lowest BCUT2D eigenvalue weighted by Crippen LogP contribution is -2.32. The van der Waals surface area contributed by atoms with Gasteiger partial charge < -0.3 is 20.7 Å². The molecular weight excluding hydrogens is 252 g/mol. The summed E-state index contributed by atoms with van der Waals surface area (Å²) >= 11 is 0. The van der Waals surface area contributed by atoms with Crippen LogP contribution < -0.4 is 5.73 Å². The van der Waals surface area contributed by atoms with E-state index in [0.717, 1.165) is 0 Å². The molecule has 1 saturated heterocycles. The lowest BCUT2D eigenvalue weighted by Gasteiger charge is -2.16. The van der Waals surface area contributed by atoms with Crippen LogP contribution in [-0.4, -0.2) is 49.2 Å². The van der Waals surface area contributed by atoms with Gasteiger partial charge in [-0.2, -0.15) is 0 Å². The highest BCUT2D eigenvalue weighted by Crippen LogP contribution is 2.31. The van der Waals surface area contributed by atoms with Gasteiger partial charge >= 0.3 is 0 Å². The van der Waals surface area contributed by atoms with Crippen molar-refractivity contribution in [2.75, 3.05) is 0 Å². The van der Waals surface area contributed by atoms with Crippen molar-refractivity contribution in [1.29, 1.82) is 0 Å². The number of ether oxygens (including phenoxy) is 1. The lowest BCUT2D eigenvalue weighted by molar-refractivity contribution is -0.0492. The van der Waals surface area contributed by atoms with E-state index in [1.54, 1.807) is 0 Å². The molecule has 0 radical (unpaired) electrons. The fourth-order valence-electron chi connectivity index (χ4n) is 2.12. The molecule has 0 aromatic carbocycles. The summed E-state index contributed by atoms with van der Waals surface area (Å²) in [5.74, 6) is -0.592. The first-order valence-corrected chi connectivity index (χ1v) is 6.12. The Labute approximate surface area is 110 Å². The van der Waals surface area contributed by atoms with Gasteiger partial charge in [0.05, 0.1) is 6.10 Å². The largest absolute Gasteiger partial charge is 0.388 e. The fraction of sp³-hybridized carbons (Fsp3) is 0.727. The summed E-state index contributed by atoms with van der Waals surface area (Å²) in [4.78, 5) is 14.6. The van der Waals surface area contributed by atoms with Crippen LogP contribution in [0.2, 0.25) is 0 Å². The Bertz CT molecular complexity index is 461. The zero-order valence-electron chi connectivity index (χ0n) is 10.8. The summed E-state index contributed by atoms with van der Waals surface area (Å²) in [6, 6.07) is 0. The molecule has 0 bridgehead atoms. The third-order valence-electron chi connectivity index (χ3n) is 3.03. The molecule has 1 amide bonds. The van der Waals surface area contributed by atoms with Gasteiger partial charge in [-0.05, 0) is 12.3 Å². The minimum atomic E-state index is -1.12. The first-order chi connectivity index (χ1) is 8.90. The minimum Gasteiger partial charge on any atom is -0.388 e. The van der Waals surface area contributed by atoms with E-state index < -0.39 is 30.4 Å². The Hall–Kier alpha value is -1.51. The molecule has 0 saturated carbocycles. The van der Waals surface area contributed by atoms with Crippen LogP contribution in [0.15, 0.2) is 6.33 Å². The normalized spacial score (nSPS) is 31.0. The standard InChI is InChI=1S/C11H18N4O4/c1-5(2)3-6-7(16)8(17)11(19-6)15-4-13-10(14-15)9(12)18/h4-8,11,16-17H,3H2,1-2H3,(H2,12,18)/t6-,7-,8-,11-/m1/s1. The Balaban J connectivity index is 2.14. The number of nitrogens with zero attached hydrogens (tertiary/aromatic N) is 3. The summed E-state index contributed by atoms with van der Waals surface area (Å²) < 4.78 is 6.79. The molecule has 8 nitrogen and oxygen atoms in total. The van der Waals surface area contributed by atoms with Crippen LogP contribution in [0, 0.1) is 5.92 Å². The Kier molecular flexibility index (Phi) is 3.83. The summed E-state index contributed by atoms with van der Waals surface area (Å²) in [7, 11) is 0. The second-order valence-electron chi connectivity index (χ2n) is 5.09. The lowest BCUT2D eigenvalue weighted by atomic mass is 10.0. The highest BCUT2D eigenvalue weighted by molar-refractivity contribution is 5.88. The average molecular weight is 270 g/mol. The number of aromatic nitrogens is 3. The quantitative estimate of drug-likeness (QED) is 0.647. The number of hydrogen-bond acceptors (Lipinski definition) is 6. The van der Waals surface area contributed by atoms with Crippen molar-refractivity contribution in [1.82, 2.24) is 14.8 Å². The van der Waals surface area contributed by atoms with Gasteiger partial charge in [-0.15, -0.1) is 5.10 Å². The summed E-state index contributed by atoms with van der Waals surface area (Å²) in [6.45, 7) is 3.99. The van der Waals surface area contributed by atoms with E-state index in [4.69, 9.17) is 10.5 Å². The van der Waals surface area contributed by atoms with Crippen molar-refractivity contribution in [3.05, 3.63) is 12.2 Å². The number of nitrogens with two attached hydrogens (primary N) is 1. The molecule has 4 N–H and O–H groups in total. The zero-order chi connectivity index (χ0) is 14.2. The molecule has 1 fully saturated rings. The summed E-state index contributed by atoms with van der Waals surface area (Å²) in [6.07, 6.45) is -1.58. The number of amides is 1. The number of carbonyl (C=O) groups is 1. The van der Waals surface area contributed by atoms with Crippen LogP contribution in [0.4, 0.5) is 0 Å². The van der Waals surface area contributed by atoms with Crippen molar-refractivity contribution in [2.45, 2.75) is 44.8 Å². The molecule has 106 valence electrons. The highest BCUT2D eigenvalue weighted by Gasteiger charge is 2.44. The van der Waals surface area contributed by atoms with Crippen LogP contribution in [0.5, 0.6) is 0 Å². The molecule has 0 aliphatic carbocycles. The predicted molar refractivity (Wildman–Crippen MR) is 63.9 cm³/mol. The Morgan fingerprint density at radius 2 is 2.21 bits per heavy atom. The van der Waals surface area contributed by atoms with Gasteiger partial charge in [0, 0.05) is 0 Å². The Morgan fingerprint density at radius 3 is 2.74 bits per heavy atom. The molecule has 1 aromatic heterocycles. The third kappa shape index (κ3) is 2.75. The molecule has 4 atom stereocenters. The fourth-order valence-corrected chi connectivity index (χ4v) is 2.12. The van der Waals surface area contributed by atoms with E-state index in [9.17, 15) is 15.0 Å². The van der Waals surface area contributed by atoms with Gasteiger partial charge in [-0.1, -0.05) is 13.8 Å². The van der Waals surface area contributed by atoms with E-state index >= 15 is 0 Å². The van der Waals surface area contributed by atoms with Crippen LogP contribution in [0.1, 0.15) is 37.1 Å². The molecule has 2 heterocycles. The van der Waals surface area contributed by atoms with E-state index in [2.05, 4.69) is 10.1 Å². The first kappa shape index (κ1) is 13.9. The maximum Gasteiger partial charge on any atom is 0.288 e. The average Bonchev–Trinajstić information content (AvgIpc) is 2.89. The number of rotatable bonds is 4. The Morgan fingerprint density at radius 1 is 1.53 bits per heavy atom. The van der Waals surface area contributed by atoms with Crippen molar-refractivity contribution < 1.29 is 19.7 Å². The maximum absolute atomic E-state index is 10.9. The first-order valence-electron chi connectivity index (χ1n) is 6.12. The second kappa shape index (κ2) is 5.24. The van der Waals surface area contributed by atoms with Crippen molar-refractivity contribution >= 4 is 5.91 Å². The zero-order valence-corrected chi connectivity index (χ0v) is 10.8. The molecule has 19 heavy (non-hydrogen) atoms. The maximum atomic E-state index is 10.9. The highest BCUT2D eigenvalue weighted by atomic mass is 16.6. The monoisotopic (exact) mass is 270 g/mol. The molecule has 1 aromatic rings. The van der Waals surface area contributed by atoms with Crippen LogP contribution in [0.25, 0.3) is 0 Å². The molecule has 1 aliphatic rings. The van der Waals surface area contributed by atoms with Crippen molar-refractivity contribution in [2.24, 2.45) is 11.7 Å². The van der Waals surface area contributed by atoms with Crippen molar-refractivity contribution in [3.8, 4) is 0 Å². The SMILES string of the molecule is CC(C)C[C@H]1O[C@@H](n2cnc(C(N)=O)n2)[C@H](O)[C@@H]1O. The number of aliphatic hydroxyl groups excluding tert-OH is 2. The molecule has 8 heteroatoms.